The number of carbonyl (C=O) groups excluding carboxylic acids is 3. The van der Waals surface area contributed by atoms with Crippen LogP contribution in [0.3, 0.4) is 0 Å². The third-order valence-corrected chi connectivity index (χ3v) is 6.85. The van der Waals surface area contributed by atoms with E-state index in [0.29, 0.717) is 43.9 Å². The first-order valence-corrected chi connectivity index (χ1v) is 11.5. The van der Waals surface area contributed by atoms with E-state index in [-0.39, 0.29) is 18.3 Å². The molecule has 0 bridgehead atoms. The van der Waals surface area contributed by atoms with Crippen molar-refractivity contribution in [2.24, 2.45) is 5.92 Å². The van der Waals surface area contributed by atoms with E-state index >= 15 is 0 Å². The average molecular weight is 425 g/mol. The van der Waals surface area contributed by atoms with Crippen LogP contribution in [0, 0.1) is 5.92 Å². The van der Waals surface area contributed by atoms with Crippen LogP contribution in [0.1, 0.15) is 56.9 Å². The molecule has 1 aromatic rings. The second-order valence-electron chi connectivity index (χ2n) is 9.03. The van der Waals surface area contributed by atoms with Crippen LogP contribution in [0.15, 0.2) is 42.2 Å². The Hall–Kier alpha value is -2.47. The van der Waals surface area contributed by atoms with Gasteiger partial charge in [-0.25, -0.2) is 0 Å². The molecule has 2 aliphatic heterocycles. The standard InChI is InChI=1S/C25H32N2O4/c28-18-25(16-20-10-5-2-6-11-20,26-23(30)14-13-19-8-3-1-4-9-19)27-15-7-12-22-24(27)21(29)17-31-22/h1,3-4,8-9,12,18,20,24H,2,5-7,10-11,13-17H2,(H,26,30). The Labute approximate surface area is 184 Å². The van der Waals surface area contributed by atoms with Crippen molar-refractivity contribution in [2.75, 3.05) is 13.2 Å². The average Bonchev–Trinajstić information content (AvgIpc) is 3.19. The van der Waals surface area contributed by atoms with Crippen LogP contribution in [0.25, 0.3) is 0 Å². The minimum Gasteiger partial charge on any atom is -0.488 e. The first-order chi connectivity index (χ1) is 15.1. The van der Waals surface area contributed by atoms with Gasteiger partial charge in [-0.2, -0.15) is 0 Å². The van der Waals surface area contributed by atoms with Crippen LogP contribution in [0.5, 0.6) is 0 Å². The monoisotopic (exact) mass is 424 g/mol. The van der Waals surface area contributed by atoms with Crippen LogP contribution in [0.4, 0.5) is 0 Å². The van der Waals surface area contributed by atoms with Crippen molar-refractivity contribution in [1.82, 2.24) is 10.2 Å². The molecule has 1 saturated heterocycles. The van der Waals surface area contributed by atoms with Gasteiger partial charge in [-0.05, 0) is 36.8 Å². The third kappa shape index (κ3) is 4.90. The van der Waals surface area contributed by atoms with Crippen LogP contribution in [-0.2, 0) is 25.5 Å². The van der Waals surface area contributed by atoms with E-state index in [4.69, 9.17) is 4.74 Å². The van der Waals surface area contributed by atoms with Gasteiger partial charge in [0, 0.05) is 13.0 Å². The number of carbonyl (C=O) groups is 3. The highest BCUT2D eigenvalue weighted by atomic mass is 16.5. The van der Waals surface area contributed by atoms with Crippen LogP contribution in [-0.4, -0.2) is 47.7 Å². The first-order valence-electron chi connectivity index (χ1n) is 11.5. The number of hydrogen-bond donors (Lipinski definition) is 1. The van der Waals surface area contributed by atoms with Gasteiger partial charge >= 0.3 is 0 Å². The number of benzene rings is 1. The van der Waals surface area contributed by atoms with Gasteiger partial charge in [0.2, 0.25) is 5.91 Å². The highest BCUT2D eigenvalue weighted by Crippen LogP contribution is 2.36. The van der Waals surface area contributed by atoms with Gasteiger partial charge in [0.15, 0.2) is 17.7 Å². The summed E-state index contributed by atoms with van der Waals surface area (Å²) < 4.78 is 5.58. The molecule has 2 atom stereocenters. The molecule has 1 saturated carbocycles. The van der Waals surface area contributed by atoms with E-state index in [1.54, 1.807) is 0 Å². The molecule has 166 valence electrons. The Morgan fingerprint density at radius 3 is 2.71 bits per heavy atom. The molecule has 0 aromatic heterocycles. The highest BCUT2D eigenvalue weighted by Gasteiger charge is 2.50. The number of amides is 1. The molecule has 2 unspecified atom stereocenters. The molecule has 0 radical (unpaired) electrons. The maximum atomic E-state index is 13.0. The van der Waals surface area contributed by atoms with Crippen molar-refractivity contribution >= 4 is 18.0 Å². The minimum absolute atomic E-state index is 0.0350. The molecular formula is C25H32N2O4. The lowest BCUT2D eigenvalue weighted by atomic mass is 9.81. The van der Waals surface area contributed by atoms with Gasteiger partial charge in [0.05, 0.1) is 0 Å². The summed E-state index contributed by atoms with van der Waals surface area (Å²) in [5.41, 5.74) is -0.0900. The predicted molar refractivity (Wildman–Crippen MR) is 117 cm³/mol. The molecule has 1 aliphatic carbocycles. The lowest BCUT2D eigenvalue weighted by Gasteiger charge is -2.46. The Morgan fingerprint density at radius 2 is 1.97 bits per heavy atom. The smallest absolute Gasteiger partial charge is 0.222 e. The SMILES string of the molecule is O=CC(CC1CCCCC1)(NC(=O)CCc1ccccc1)N1CCC=C2OCC(=O)C21. The lowest BCUT2D eigenvalue weighted by Crippen LogP contribution is -2.67. The summed E-state index contributed by atoms with van der Waals surface area (Å²) in [5.74, 6) is 0.790. The first kappa shape index (κ1) is 21.8. The quantitative estimate of drug-likeness (QED) is 0.649. The van der Waals surface area contributed by atoms with E-state index in [1.807, 2.05) is 41.3 Å². The second-order valence-corrected chi connectivity index (χ2v) is 9.03. The van der Waals surface area contributed by atoms with Crippen LogP contribution in [0.2, 0.25) is 0 Å². The van der Waals surface area contributed by atoms with Crippen molar-refractivity contribution in [3.8, 4) is 0 Å². The molecule has 1 aromatic carbocycles. The number of ether oxygens (including phenoxy) is 1. The van der Waals surface area contributed by atoms with Gasteiger partial charge in [0.1, 0.15) is 18.4 Å². The molecule has 31 heavy (non-hydrogen) atoms. The number of aldehydes is 1. The Bertz CT molecular complexity index is 831. The van der Waals surface area contributed by atoms with Gasteiger partial charge < -0.3 is 10.1 Å². The lowest BCUT2D eigenvalue weighted by molar-refractivity contribution is -0.139. The van der Waals surface area contributed by atoms with E-state index in [0.717, 1.165) is 37.5 Å². The zero-order valence-corrected chi connectivity index (χ0v) is 18.1. The van der Waals surface area contributed by atoms with E-state index in [9.17, 15) is 14.4 Å². The van der Waals surface area contributed by atoms with Gasteiger partial charge in [0.25, 0.3) is 0 Å². The number of rotatable bonds is 8. The predicted octanol–water partition coefficient (Wildman–Crippen LogP) is 3.16. The summed E-state index contributed by atoms with van der Waals surface area (Å²) >= 11 is 0. The molecule has 1 N–H and O–H groups in total. The van der Waals surface area contributed by atoms with Crippen LogP contribution >= 0.6 is 0 Å². The number of nitrogens with zero attached hydrogens (tertiary/aromatic N) is 1. The van der Waals surface area contributed by atoms with Crippen molar-refractivity contribution < 1.29 is 19.1 Å². The summed E-state index contributed by atoms with van der Waals surface area (Å²) in [6, 6.07) is 9.29. The molecule has 2 fully saturated rings. The number of ketones is 1. The normalized spacial score (nSPS) is 23.9. The molecule has 3 aliphatic rings. The van der Waals surface area contributed by atoms with Crippen LogP contribution < -0.4 is 5.32 Å². The highest BCUT2D eigenvalue weighted by molar-refractivity contribution is 5.91. The summed E-state index contributed by atoms with van der Waals surface area (Å²) in [7, 11) is 0. The molecule has 2 heterocycles. The Kier molecular flexibility index (Phi) is 6.86. The van der Waals surface area contributed by atoms with Crippen molar-refractivity contribution in [3.05, 3.63) is 47.7 Å². The Morgan fingerprint density at radius 1 is 1.19 bits per heavy atom. The fourth-order valence-electron chi connectivity index (χ4n) is 5.30. The topological polar surface area (TPSA) is 75.7 Å². The maximum Gasteiger partial charge on any atom is 0.222 e. The number of fused-ring (bicyclic) bond motifs is 1. The minimum atomic E-state index is -1.18. The summed E-state index contributed by atoms with van der Waals surface area (Å²) in [4.78, 5) is 40.2. The van der Waals surface area contributed by atoms with Gasteiger partial charge in [-0.15, -0.1) is 0 Å². The molecule has 0 spiro atoms. The largest absolute Gasteiger partial charge is 0.488 e. The molecule has 6 nitrogen and oxygen atoms in total. The summed E-state index contributed by atoms with van der Waals surface area (Å²) in [6.07, 6.45) is 10.6. The zero-order valence-electron chi connectivity index (χ0n) is 18.1. The number of Topliss-reactive ketones (excluding diaryl/α,β-unsaturated/α-hetero) is 1. The summed E-state index contributed by atoms with van der Waals surface area (Å²) in [6.45, 7) is 0.584. The number of aryl methyl sites for hydroxylation is 1. The van der Waals surface area contributed by atoms with Crippen molar-refractivity contribution in [3.63, 3.8) is 0 Å². The van der Waals surface area contributed by atoms with Crippen molar-refractivity contribution in [1.29, 1.82) is 0 Å². The maximum absolute atomic E-state index is 13.0. The summed E-state index contributed by atoms with van der Waals surface area (Å²) in [5, 5.41) is 3.08. The van der Waals surface area contributed by atoms with Gasteiger partial charge in [-0.3, -0.25) is 19.3 Å². The number of nitrogens with one attached hydrogen (secondary N) is 1. The molecule has 1 amide bonds. The Balaban J connectivity index is 1.55. The van der Waals surface area contributed by atoms with E-state index in [1.165, 1.54) is 6.42 Å². The fraction of sp³-hybridized carbons (Fsp3) is 0.560. The second kappa shape index (κ2) is 9.77. The molecular weight excluding hydrogens is 392 g/mol. The third-order valence-electron chi connectivity index (χ3n) is 6.85. The number of hydrogen-bond acceptors (Lipinski definition) is 5. The fourth-order valence-corrected chi connectivity index (χ4v) is 5.30. The van der Waals surface area contributed by atoms with E-state index in [2.05, 4.69) is 5.32 Å². The molecule has 6 heteroatoms. The van der Waals surface area contributed by atoms with Crippen molar-refractivity contribution in [2.45, 2.75) is 69.5 Å². The molecule has 4 rings (SSSR count). The zero-order chi connectivity index (χ0) is 21.7. The van der Waals surface area contributed by atoms with E-state index < -0.39 is 11.7 Å². The van der Waals surface area contributed by atoms with Gasteiger partial charge in [-0.1, -0.05) is 62.4 Å².